The lowest BCUT2D eigenvalue weighted by molar-refractivity contribution is 0.177. The zero-order chi connectivity index (χ0) is 14.7. The largest absolute Gasteiger partial charge is 0.494 e. The summed E-state index contributed by atoms with van der Waals surface area (Å²) in [6, 6.07) is 10.2. The van der Waals surface area contributed by atoms with E-state index in [1.54, 1.807) is 24.3 Å². The van der Waals surface area contributed by atoms with Crippen molar-refractivity contribution in [3.8, 4) is 5.75 Å². The highest BCUT2D eigenvalue weighted by molar-refractivity contribution is 6.30. The minimum absolute atomic E-state index is 0.169. The maximum Gasteiger partial charge on any atom is 0.168 e. The Bertz CT molecular complexity index is 593. The van der Waals surface area contributed by atoms with Crippen molar-refractivity contribution in [3.63, 3.8) is 0 Å². The maximum absolute atomic E-state index is 14.0. The lowest BCUT2D eigenvalue weighted by atomic mass is 9.99. The van der Waals surface area contributed by atoms with Gasteiger partial charge in [-0.3, -0.25) is 0 Å². The van der Waals surface area contributed by atoms with Crippen LogP contribution in [0.2, 0.25) is 5.02 Å². The van der Waals surface area contributed by atoms with E-state index in [2.05, 4.69) is 0 Å². The molecule has 2 aromatic rings. The van der Waals surface area contributed by atoms with Crippen molar-refractivity contribution < 1.29 is 14.2 Å². The van der Waals surface area contributed by atoms with E-state index in [9.17, 15) is 9.50 Å². The number of benzene rings is 2. The van der Waals surface area contributed by atoms with E-state index in [1.165, 1.54) is 7.11 Å². The first-order valence-electron chi connectivity index (χ1n) is 6.28. The molecule has 2 rings (SSSR count). The molecule has 0 spiro atoms. The molecule has 20 heavy (non-hydrogen) atoms. The number of ether oxygens (including phenoxy) is 1. The van der Waals surface area contributed by atoms with Gasteiger partial charge in [0.2, 0.25) is 0 Å². The number of rotatable bonds is 4. The van der Waals surface area contributed by atoms with Gasteiger partial charge < -0.3 is 9.84 Å². The quantitative estimate of drug-likeness (QED) is 0.921. The third-order valence-electron chi connectivity index (χ3n) is 3.13. The lowest BCUT2D eigenvalue weighted by Gasteiger charge is -2.14. The first-order chi connectivity index (χ1) is 9.51. The highest BCUT2D eigenvalue weighted by Crippen LogP contribution is 2.27. The van der Waals surface area contributed by atoms with Crippen LogP contribution in [0.4, 0.5) is 4.39 Å². The molecule has 0 aliphatic carbocycles. The van der Waals surface area contributed by atoms with E-state index in [0.29, 0.717) is 16.1 Å². The molecule has 4 heteroatoms. The van der Waals surface area contributed by atoms with Crippen LogP contribution in [0.3, 0.4) is 0 Å². The van der Waals surface area contributed by atoms with Crippen LogP contribution in [0.1, 0.15) is 22.8 Å². The van der Waals surface area contributed by atoms with E-state index in [-0.39, 0.29) is 12.2 Å². The fraction of sp³-hybridized carbons (Fsp3) is 0.250. The van der Waals surface area contributed by atoms with Crippen LogP contribution in [0.5, 0.6) is 5.75 Å². The minimum atomic E-state index is -0.811. The average Bonchev–Trinajstić information content (AvgIpc) is 2.40. The van der Waals surface area contributed by atoms with Crippen molar-refractivity contribution in [2.75, 3.05) is 7.11 Å². The summed E-state index contributed by atoms with van der Waals surface area (Å²) in [5, 5.41) is 10.8. The Morgan fingerprint density at radius 3 is 2.70 bits per heavy atom. The summed E-state index contributed by atoms with van der Waals surface area (Å²) in [5.74, 6) is -0.259. The molecule has 106 valence electrons. The SMILES string of the molecule is COc1cccc(CC(O)c2cc(C)cc(Cl)c2)c1F. The van der Waals surface area contributed by atoms with Gasteiger partial charge in [-0.05, 0) is 41.8 Å². The summed E-state index contributed by atoms with van der Waals surface area (Å²) >= 11 is 5.97. The Kier molecular flexibility index (Phi) is 4.63. The Hall–Kier alpha value is -1.58. The van der Waals surface area contributed by atoms with Crippen molar-refractivity contribution >= 4 is 11.6 Å². The van der Waals surface area contributed by atoms with Crippen LogP contribution in [0.25, 0.3) is 0 Å². The van der Waals surface area contributed by atoms with Crippen LogP contribution in [-0.4, -0.2) is 12.2 Å². The molecule has 0 aliphatic rings. The molecular weight excluding hydrogens is 279 g/mol. The molecule has 0 heterocycles. The maximum atomic E-state index is 14.0. The van der Waals surface area contributed by atoms with Crippen LogP contribution in [0, 0.1) is 12.7 Å². The molecule has 0 aliphatic heterocycles. The number of halogens is 2. The van der Waals surface area contributed by atoms with E-state index in [1.807, 2.05) is 19.1 Å². The standard InChI is InChI=1S/C16H16ClFO2/c1-10-6-12(8-13(17)7-10)14(19)9-11-4-3-5-15(20-2)16(11)18/h3-8,14,19H,9H2,1-2H3. The van der Waals surface area contributed by atoms with E-state index in [4.69, 9.17) is 16.3 Å². The molecule has 0 bridgehead atoms. The third kappa shape index (κ3) is 3.30. The predicted molar refractivity (Wildman–Crippen MR) is 77.8 cm³/mol. The van der Waals surface area contributed by atoms with Crippen molar-refractivity contribution in [1.29, 1.82) is 0 Å². The minimum Gasteiger partial charge on any atom is -0.494 e. The Balaban J connectivity index is 2.25. The number of hydrogen-bond acceptors (Lipinski definition) is 2. The summed E-state index contributed by atoms with van der Waals surface area (Å²) in [6.07, 6.45) is -0.642. The van der Waals surface area contributed by atoms with Crippen LogP contribution < -0.4 is 4.74 Å². The number of aryl methyl sites for hydroxylation is 1. The molecule has 1 atom stereocenters. The first kappa shape index (κ1) is 14.8. The zero-order valence-corrected chi connectivity index (χ0v) is 12.1. The van der Waals surface area contributed by atoms with Gasteiger partial charge in [0.1, 0.15) is 0 Å². The third-order valence-corrected chi connectivity index (χ3v) is 3.34. The summed E-state index contributed by atoms with van der Waals surface area (Å²) in [4.78, 5) is 0. The first-order valence-corrected chi connectivity index (χ1v) is 6.65. The molecule has 0 aromatic heterocycles. The monoisotopic (exact) mass is 294 g/mol. The molecule has 0 fully saturated rings. The van der Waals surface area contributed by atoms with Crippen molar-refractivity contribution in [2.24, 2.45) is 0 Å². The molecule has 0 radical (unpaired) electrons. The van der Waals surface area contributed by atoms with Crippen molar-refractivity contribution in [2.45, 2.75) is 19.4 Å². The Labute approximate surface area is 122 Å². The second kappa shape index (κ2) is 6.25. The summed E-state index contributed by atoms with van der Waals surface area (Å²) < 4.78 is 19.0. The molecule has 0 amide bonds. The fourth-order valence-electron chi connectivity index (χ4n) is 2.15. The second-order valence-corrected chi connectivity index (χ2v) is 5.15. The molecular formula is C16H16ClFO2. The second-order valence-electron chi connectivity index (χ2n) is 4.72. The average molecular weight is 295 g/mol. The van der Waals surface area contributed by atoms with Gasteiger partial charge in [-0.15, -0.1) is 0 Å². The van der Waals surface area contributed by atoms with Gasteiger partial charge >= 0.3 is 0 Å². The molecule has 0 saturated carbocycles. The van der Waals surface area contributed by atoms with E-state index in [0.717, 1.165) is 5.56 Å². The topological polar surface area (TPSA) is 29.5 Å². The van der Waals surface area contributed by atoms with Gasteiger partial charge in [-0.25, -0.2) is 4.39 Å². The van der Waals surface area contributed by atoms with E-state index >= 15 is 0 Å². The summed E-state index contributed by atoms with van der Waals surface area (Å²) in [7, 11) is 1.42. The van der Waals surface area contributed by atoms with Gasteiger partial charge in [0.15, 0.2) is 11.6 Å². The summed E-state index contributed by atoms with van der Waals surface area (Å²) in [5.41, 5.74) is 2.05. The molecule has 2 nitrogen and oxygen atoms in total. The number of aliphatic hydroxyl groups excluding tert-OH is 1. The Morgan fingerprint density at radius 1 is 1.30 bits per heavy atom. The Morgan fingerprint density at radius 2 is 2.05 bits per heavy atom. The van der Waals surface area contributed by atoms with Gasteiger partial charge in [0.05, 0.1) is 13.2 Å². The lowest BCUT2D eigenvalue weighted by Crippen LogP contribution is -2.05. The van der Waals surface area contributed by atoms with Gasteiger partial charge in [-0.1, -0.05) is 29.8 Å². The number of methoxy groups -OCH3 is 1. The molecule has 1 unspecified atom stereocenters. The van der Waals surface area contributed by atoms with Crippen LogP contribution >= 0.6 is 11.6 Å². The highest BCUT2D eigenvalue weighted by atomic mass is 35.5. The number of hydrogen-bond donors (Lipinski definition) is 1. The van der Waals surface area contributed by atoms with Gasteiger partial charge in [0.25, 0.3) is 0 Å². The summed E-state index contributed by atoms with van der Waals surface area (Å²) in [6.45, 7) is 1.90. The fourth-order valence-corrected chi connectivity index (χ4v) is 2.45. The zero-order valence-electron chi connectivity index (χ0n) is 11.4. The normalized spacial score (nSPS) is 12.2. The molecule has 0 saturated heterocycles. The van der Waals surface area contributed by atoms with Crippen LogP contribution in [-0.2, 0) is 6.42 Å². The van der Waals surface area contributed by atoms with E-state index < -0.39 is 11.9 Å². The molecule has 2 aromatic carbocycles. The van der Waals surface area contributed by atoms with Gasteiger partial charge in [0, 0.05) is 11.4 Å². The van der Waals surface area contributed by atoms with Gasteiger partial charge in [-0.2, -0.15) is 0 Å². The highest BCUT2D eigenvalue weighted by Gasteiger charge is 2.15. The molecule has 1 N–H and O–H groups in total. The number of aliphatic hydroxyl groups is 1. The smallest absolute Gasteiger partial charge is 0.168 e. The van der Waals surface area contributed by atoms with Crippen molar-refractivity contribution in [3.05, 3.63) is 63.9 Å². The van der Waals surface area contributed by atoms with Crippen LogP contribution in [0.15, 0.2) is 36.4 Å². The van der Waals surface area contributed by atoms with Crippen molar-refractivity contribution in [1.82, 2.24) is 0 Å². The predicted octanol–water partition coefficient (Wildman–Crippen LogP) is 4.07.